The van der Waals surface area contributed by atoms with Crippen LogP contribution >= 0.6 is 11.3 Å². The molecule has 0 saturated carbocycles. The van der Waals surface area contributed by atoms with Crippen molar-refractivity contribution in [1.29, 1.82) is 0 Å². The zero-order chi connectivity index (χ0) is 17.9. The average molecular weight is 363 g/mol. The number of nitrogens with zero attached hydrogens (tertiary/aromatic N) is 3. The van der Waals surface area contributed by atoms with Crippen molar-refractivity contribution in [2.45, 2.75) is 13.3 Å². The Morgan fingerprint density at radius 3 is 2.58 bits per heavy atom. The average Bonchev–Trinajstić information content (AvgIpc) is 3.21. The van der Waals surface area contributed by atoms with Crippen molar-refractivity contribution in [3.63, 3.8) is 0 Å². The topological polar surface area (TPSA) is 56.5 Å². The predicted molar refractivity (Wildman–Crippen MR) is 104 cm³/mol. The molecule has 2 aromatic heterocycles. The summed E-state index contributed by atoms with van der Waals surface area (Å²) in [5.41, 5.74) is 1.70. The number of hydrogen-bond acceptors (Lipinski definition) is 5. The zero-order valence-corrected chi connectivity index (χ0v) is 15.1. The molecule has 4 aromatic rings. The molecule has 0 aliphatic rings. The normalized spacial score (nSPS) is 12.0. The monoisotopic (exact) mass is 363 g/mol. The molecule has 0 fully saturated rings. The van der Waals surface area contributed by atoms with Gasteiger partial charge in [-0.15, -0.1) is 5.10 Å². The number of rotatable bonds is 5. The molecular formula is C20H17N3O2S. The summed E-state index contributed by atoms with van der Waals surface area (Å²) in [4.78, 5) is 17.7. The van der Waals surface area contributed by atoms with Crippen LogP contribution in [-0.4, -0.2) is 21.2 Å². The van der Waals surface area contributed by atoms with Gasteiger partial charge in [0.15, 0.2) is 5.82 Å². The van der Waals surface area contributed by atoms with Gasteiger partial charge in [-0.3, -0.25) is 4.79 Å². The third-order valence-corrected chi connectivity index (χ3v) is 4.82. The summed E-state index contributed by atoms with van der Waals surface area (Å²) in [6.45, 7) is 2.76. The first-order chi connectivity index (χ1) is 12.7. The standard InChI is InChI=1S/C20H17N3O2S/c1-2-12-25-16-10-8-15(9-11-16)18-21-20-23(22-18)19(24)17(26-20)13-14-6-4-3-5-7-14/h3-11,13H,2,12H2,1H3. The molecule has 0 N–H and O–H groups in total. The largest absolute Gasteiger partial charge is 0.494 e. The van der Waals surface area contributed by atoms with Gasteiger partial charge in [0.2, 0.25) is 4.96 Å². The second-order valence-electron chi connectivity index (χ2n) is 5.83. The van der Waals surface area contributed by atoms with Crippen LogP contribution in [0, 0.1) is 0 Å². The van der Waals surface area contributed by atoms with E-state index in [0.29, 0.717) is 21.9 Å². The van der Waals surface area contributed by atoms with Crippen molar-refractivity contribution in [1.82, 2.24) is 14.6 Å². The smallest absolute Gasteiger partial charge is 0.291 e. The summed E-state index contributed by atoms with van der Waals surface area (Å²) in [6.07, 6.45) is 2.83. The van der Waals surface area contributed by atoms with Crippen molar-refractivity contribution >= 4 is 22.4 Å². The van der Waals surface area contributed by atoms with E-state index in [9.17, 15) is 4.79 Å². The van der Waals surface area contributed by atoms with E-state index >= 15 is 0 Å². The number of ether oxygens (including phenoxy) is 1. The Morgan fingerprint density at radius 1 is 1.12 bits per heavy atom. The van der Waals surface area contributed by atoms with Gasteiger partial charge in [-0.1, -0.05) is 48.6 Å². The minimum atomic E-state index is -0.143. The van der Waals surface area contributed by atoms with Crippen LogP contribution in [0.3, 0.4) is 0 Å². The van der Waals surface area contributed by atoms with Crippen LogP contribution in [0.15, 0.2) is 59.4 Å². The lowest BCUT2D eigenvalue weighted by Crippen LogP contribution is -2.23. The Labute approximate surface area is 154 Å². The lowest BCUT2D eigenvalue weighted by Gasteiger charge is -2.04. The molecule has 130 valence electrons. The maximum Gasteiger partial charge on any atom is 0.291 e. The molecule has 0 amide bonds. The van der Waals surface area contributed by atoms with E-state index in [0.717, 1.165) is 23.3 Å². The van der Waals surface area contributed by atoms with Gasteiger partial charge in [0.05, 0.1) is 11.1 Å². The number of hydrogen-bond donors (Lipinski definition) is 0. The van der Waals surface area contributed by atoms with E-state index in [1.54, 1.807) is 0 Å². The molecule has 6 heteroatoms. The van der Waals surface area contributed by atoms with E-state index in [4.69, 9.17) is 4.74 Å². The van der Waals surface area contributed by atoms with Gasteiger partial charge in [0.25, 0.3) is 5.56 Å². The van der Waals surface area contributed by atoms with E-state index in [-0.39, 0.29) is 5.56 Å². The molecule has 0 atom stereocenters. The number of fused-ring (bicyclic) bond motifs is 1. The molecule has 0 aliphatic heterocycles. The van der Waals surface area contributed by atoms with E-state index in [1.165, 1.54) is 15.9 Å². The Morgan fingerprint density at radius 2 is 1.88 bits per heavy atom. The fourth-order valence-corrected chi connectivity index (χ4v) is 3.48. The van der Waals surface area contributed by atoms with Crippen LogP contribution in [0.2, 0.25) is 0 Å². The van der Waals surface area contributed by atoms with Gasteiger partial charge in [0, 0.05) is 5.56 Å². The van der Waals surface area contributed by atoms with Crippen molar-refractivity contribution in [2.24, 2.45) is 0 Å². The molecule has 0 bridgehead atoms. The number of benzene rings is 2. The van der Waals surface area contributed by atoms with Crippen LogP contribution in [0.4, 0.5) is 0 Å². The van der Waals surface area contributed by atoms with E-state index in [1.807, 2.05) is 60.7 Å². The minimum absolute atomic E-state index is 0.143. The molecule has 0 aliphatic carbocycles. The van der Waals surface area contributed by atoms with Gasteiger partial charge in [-0.05, 0) is 42.3 Å². The van der Waals surface area contributed by atoms with Crippen LogP contribution in [0.5, 0.6) is 5.75 Å². The second-order valence-corrected chi connectivity index (χ2v) is 6.84. The molecule has 2 heterocycles. The highest BCUT2D eigenvalue weighted by atomic mass is 32.1. The molecule has 0 unspecified atom stereocenters. The first kappa shape index (κ1) is 16.5. The third-order valence-electron chi connectivity index (χ3n) is 3.86. The third kappa shape index (κ3) is 3.23. The van der Waals surface area contributed by atoms with Gasteiger partial charge in [0.1, 0.15) is 5.75 Å². The fraction of sp³-hybridized carbons (Fsp3) is 0.150. The van der Waals surface area contributed by atoms with Gasteiger partial charge < -0.3 is 4.74 Å². The maximum absolute atomic E-state index is 12.6. The van der Waals surface area contributed by atoms with Gasteiger partial charge in [-0.2, -0.15) is 9.50 Å². The summed E-state index contributed by atoms with van der Waals surface area (Å²) in [5, 5.41) is 4.38. The Kier molecular flexibility index (Phi) is 4.50. The predicted octanol–water partition coefficient (Wildman–Crippen LogP) is 3.15. The molecule has 2 aromatic carbocycles. The summed E-state index contributed by atoms with van der Waals surface area (Å²) >= 11 is 1.35. The first-order valence-corrected chi connectivity index (χ1v) is 9.26. The molecule has 0 radical (unpaired) electrons. The highest BCUT2D eigenvalue weighted by molar-refractivity contribution is 7.15. The van der Waals surface area contributed by atoms with Crippen LogP contribution in [0.1, 0.15) is 18.9 Å². The van der Waals surface area contributed by atoms with E-state index < -0.39 is 0 Å². The SMILES string of the molecule is CCCOc1ccc(-c2nc3sc(=Cc4ccccc4)c(=O)n3n2)cc1. The Hall–Kier alpha value is -2.99. The Bertz CT molecular complexity index is 1130. The molecule has 4 rings (SSSR count). The van der Waals surface area contributed by atoms with E-state index in [2.05, 4.69) is 17.0 Å². The minimum Gasteiger partial charge on any atom is -0.494 e. The number of aromatic nitrogens is 3. The summed E-state index contributed by atoms with van der Waals surface area (Å²) < 4.78 is 7.58. The highest BCUT2D eigenvalue weighted by Gasteiger charge is 2.12. The van der Waals surface area contributed by atoms with Crippen molar-refractivity contribution in [2.75, 3.05) is 6.61 Å². The van der Waals surface area contributed by atoms with Crippen LogP contribution in [-0.2, 0) is 0 Å². The van der Waals surface area contributed by atoms with Crippen molar-refractivity contribution in [3.05, 3.63) is 75.0 Å². The van der Waals surface area contributed by atoms with Crippen LogP contribution < -0.4 is 14.8 Å². The second kappa shape index (κ2) is 7.09. The summed E-state index contributed by atoms with van der Waals surface area (Å²) in [5.74, 6) is 1.36. The molecule has 0 saturated heterocycles. The summed E-state index contributed by atoms with van der Waals surface area (Å²) in [6, 6.07) is 17.4. The van der Waals surface area contributed by atoms with Crippen LogP contribution in [0.25, 0.3) is 22.4 Å². The molecular weight excluding hydrogens is 346 g/mol. The zero-order valence-electron chi connectivity index (χ0n) is 14.3. The highest BCUT2D eigenvalue weighted by Crippen LogP contribution is 2.20. The quantitative estimate of drug-likeness (QED) is 0.547. The fourth-order valence-electron chi connectivity index (χ4n) is 2.58. The van der Waals surface area contributed by atoms with Crippen molar-refractivity contribution < 1.29 is 4.74 Å². The Balaban J connectivity index is 1.67. The lowest BCUT2D eigenvalue weighted by molar-refractivity contribution is 0.317. The van der Waals surface area contributed by atoms with Crippen molar-refractivity contribution in [3.8, 4) is 17.1 Å². The maximum atomic E-state index is 12.6. The van der Waals surface area contributed by atoms with Gasteiger partial charge >= 0.3 is 0 Å². The van der Waals surface area contributed by atoms with Gasteiger partial charge in [-0.25, -0.2) is 0 Å². The number of thiazole rings is 1. The lowest BCUT2D eigenvalue weighted by atomic mass is 10.2. The summed E-state index contributed by atoms with van der Waals surface area (Å²) in [7, 11) is 0. The molecule has 0 spiro atoms. The first-order valence-electron chi connectivity index (χ1n) is 8.44. The molecule has 5 nitrogen and oxygen atoms in total. The molecule has 26 heavy (non-hydrogen) atoms.